The van der Waals surface area contributed by atoms with Gasteiger partial charge >= 0.3 is 5.97 Å². The van der Waals surface area contributed by atoms with Crippen LogP contribution >= 0.6 is 0 Å². The highest BCUT2D eigenvalue weighted by Gasteiger charge is 2.53. The van der Waals surface area contributed by atoms with Crippen LogP contribution in [0.1, 0.15) is 31.5 Å². The fourth-order valence-corrected chi connectivity index (χ4v) is 4.17. The van der Waals surface area contributed by atoms with Gasteiger partial charge in [0.05, 0.1) is 12.0 Å². The number of aryl methyl sites for hydroxylation is 1. The zero-order valence-corrected chi connectivity index (χ0v) is 15.2. The molecule has 0 unspecified atom stereocenters. The minimum Gasteiger partial charge on any atom is -0.466 e. The molecule has 1 aromatic rings. The van der Waals surface area contributed by atoms with Gasteiger partial charge in [0.25, 0.3) is 0 Å². The summed E-state index contributed by atoms with van der Waals surface area (Å²) >= 11 is 0. The fourth-order valence-electron chi connectivity index (χ4n) is 4.17. The van der Waals surface area contributed by atoms with Crippen LogP contribution in [-0.2, 0) is 20.7 Å². The van der Waals surface area contributed by atoms with Crippen molar-refractivity contribution in [2.75, 3.05) is 39.8 Å². The second-order valence-corrected chi connectivity index (χ2v) is 7.13. The van der Waals surface area contributed by atoms with E-state index in [4.69, 9.17) is 9.26 Å². The van der Waals surface area contributed by atoms with E-state index in [-0.39, 0.29) is 24.2 Å². The average Bonchev–Trinajstić information content (AvgIpc) is 3.05. The van der Waals surface area contributed by atoms with Gasteiger partial charge in [0, 0.05) is 32.1 Å². The minimum atomic E-state index is -0.499. The molecule has 0 radical (unpaired) electrons. The number of carbonyl (C=O) groups is 2. The Hall–Kier alpha value is -1.96. The van der Waals surface area contributed by atoms with Gasteiger partial charge in [0.2, 0.25) is 11.8 Å². The molecule has 0 spiro atoms. The van der Waals surface area contributed by atoms with Gasteiger partial charge < -0.3 is 19.1 Å². The highest BCUT2D eigenvalue weighted by atomic mass is 16.5. The Kier molecular flexibility index (Phi) is 5.08. The van der Waals surface area contributed by atoms with Gasteiger partial charge in [-0.3, -0.25) is 9.59 Å². The predicted octanol–water partition coefficient (Wildman–Crippen LogP) is 0.654. The first kappa shape index (κ1) is 17.8. The fraction of sp³-hybridized carbons (Fsp3) is 0.765. The number of hydrogen-bond donors (Lipinski definition) is 0. The molecule has 2 aliphatic rings. The van der Waals surface area contributed by atoms with Crippen molar-refractivity contribution in [2.24, 2.45) is 11.3 Å². The number of esters is 1. The van der Waals surface area contributed by atoms with Gasteiger partial charge in [0.15, 0.2) is 5.82 Å². The standard InChI is InChI=1S/C17H26N4O4/c1-4-24-16(23)17-6-5-7-21(10-13(17)9-20(3)11-17)15(22)8-14-18-12(2)19-25-14/h13H,4-11H2,1-3H3/t13-,17+/m1/s1. The monoisotopic (exact) mass is 350 g/mol. The first-order valence-electron chi connectivity index (χ1n) is 8.87. The van der Waals surface area contributed by atoms with Crippen molar-refractivity contribution in [3.63, 3.8) is 0 Å². The van der Waals surface area contributed by atoms with Crippen LogP contribution in [0.5, 0.6) is 0 Å². The van der Waals surface area contributed by atoms with E-state index < -0.39 is 5.41 Å². The van der Waals surface area contributed by atoms with Gasteiger partial charge in [-0.15, -0.1) is 0 Å². The van der Waals surface area contributed by atoms with E-state index in [1.54, 1.807) is 6.92 Å². The Balaban J connectivity index is 1.73. The molecule has 2 aliphatic heterocycles. The summed E-state index contributed by atoms with van der Waals surface area (Å²) in [7, 11) is 2.02. The van der Waals surface area contributed by atoms with Crippen molar-refractivity contribution in [1.82, 2.24) is 19.9 Å². The molecule has 2 saturated heterocycles. The second kappa shape index (κ2) is 7.11. The summed E-state index contributed by atoms with van der Waals surface area (Å²) in [4.78, 5) is 33.5. The Labute approximate surface area is 147 Å². The molecule has 3 rings (SSSR count). The van der Waals surface area contributed by atoms with Gasteiger partial charge in [-0.2, -0.15) is 4.98 Å². The third kappa shape index (κ3) is 3.53. The van der Waals surface area contributed by atoms with Crippen LogP contribution in [0.3, 0.4) is 0 Å². The van der Waals surface area contributed by atoms with Crippen molar-refractivity contribution >= 4 is 11.9 Å². The molecule has 0 bridgehead atoms. The summed E-state index contributed by atoms with van der Waals surface area (Å²) in [5.74, 6) is 0.806. The molecule has 138 valence electrons. The van der Waals surface area contributed by atoms with Gasteiger partial charge in [0.1, 0.15) is 6.42 Å². The first-order valence-corrected chi connectivity index (χ1v) is 8.87. The molecule has 2 atom stereocenters. The zero-order chi connectivity index (χ0) is 18.0. The Morgan fingerprint density at radius 1 is 1.40 bits per heavy atom. The van der Waals surface area contributed by atoms with E-state index >= 15 is 0 Å². The number of rotatable bonds is 4. The molecule has 25 heavy (non-hydrogen) atoms. The van der Waals surface area contributed by atoms with Crippen LogP contribution in [0.15, 0.2) is 4.52 Å². The normalized spacial score (nSPS) is 27.0. The van der Waals surface area contributed by atoms with Crippen LogP contribution in [0.2, 0.25) is 0 Å². The molecule has 1 aromatic heterocycles. The highest BCUT2D eigenvalue weighted by molar-refractivity contribution is 5.80. The number of likely N-dealkylation sites (tertiary alicyclic amines) is 2. The van der Waals surface area contributed by atoms with Crippen molar-refractivity contribution in [3.05, 3.63) is 11.7 Å². The Morgan fingerprint density at radius 3 is 2.88 bits per heavy atom. The quantitative estimate of drug-likeness (QED) is 0.737. The molecule has 0 aromatic carbocycles. The van der Waals surface area contributed by atoms with E-state index in [0.29, 0.717) is 38.0 Å². The predicted molar refractivity (Wildman–Crippen MR) is 88.6 cm³/mol. The third-order valence-corrected chi connectivity index (χ3v) is 5.26. The maximum absolute atomic E-state index is 12.7. The summed E-state index contributed by atoms with van der Waals surface area (Å²) in [5.41, 5.74) is -0.499. The molecule has 1 amide bonds. The Morgan fingerprint density at radius 2 is 2.20 bits per heavy atom. The number of fused-ring (bicyclic) bond motifs is 1. The van der Waals surface area contributed by atoms with Crippen molar-refractivity contribution < 1.29 is 18.8 Å². The van der Waals surface area contributed by atoms with Crippen molar-refractivity contribution in [2.45, 2.75) is 33.1 Å². The average molecular weight is 350 g/mol. The number of carbonyl (C=O) groups excluding carboxylic acids is 2. The maximum Gasteiger partial charge on any atom is 0.313 e. The van der Waals surface area contributed by atoms with Crippen LogP contribution in [0.4, 0.5) is 0 Å². The van der Waals surface area contributed by atoms with E-state index in [1.165, 1.54) is 0 Å². The van der Waals surface area contributed by atoms with Crippen LogP contribution in [0.25, 0.3) is 0 Å². The molecule has 0 aliphatic carbocycles. The molecule has 0 saturated carbocycles. The largest absolute Gasteiger partial charge is 0.466 e. The van der Waals surface area contributed by atoms with Crippen LogP contribution in [0, 0.1) is 18.3 Å². The molecule has 2 fully saturated rings. The third-order valence-electron chi connectivity index (χ3n) is 5.26. The summed E-state index contributed by atoms with van der Waals surface area (Å²) in [6.45, 7) is 6.65. The van der Waals surface area contributed by atoms with E-state index in [2.05, 4.69) is 15.0 Å². The molecule has 0 N–H and O–H groups in total. The summed E-state index contributed by atoms with van der Waals surface area (Å²) < 4.78 is 10.4. The number of aromatic nitrogens is 2. The number of nitrogens with zero attached hydrogens (tertiary/aromatic N) is 4. The van der Waals surface area contributed by atoms with Crippen molar-refractivity contribution in [1.29, 1.82) is 0 Å². The summed E-state index contributed by atoms with van der Waals surface area (Å²) in [5, 5.41) is 3.73. The lowest BCUT2D eigenvalue weighted by atomic mass is 9.75. The highest BCUT2D eigenvalue weighted by Crippen LogP contribution is 2.43. The lowest BCUT2D eigenvalue weighted by Crippen LogP contribution is -2.43. The smallest absolute Gasteiger partial charge is 0.313 e. The zero-order valence-electron chi connectivity index (χ0n) is 15.2. The molecular formula is C17H26N4O4. The van der Waals surface area contributed by atoms with E-state index in [9.17, 15) is 9.59 Å². The summed E-state index contributed by atoms with van der Waals surface area (Å²) in [6, 6.07) is 0. The first-order chi connectivity index (χ1) is 11.9. The van der Waals surface area contributed by atoms with E-state index in [0.717, 1.165) is 19.4 Å². The molecule has 3 heterocycles. The topological polar surface area (TPSA) is 88.8 Å². The number of ether oxygens (including phenoxy) is 1. The Bertz CT molecular complexity index is 646. The SMILES string of the molecule is CCOC(=O)[C@]12CCCN(C(=O)Cc3nc(C)no3)C[C@H]1CN(C)C2. The molecule has 8 heteroatoms. The second-order valence-electron chi connectivity index (χ2n) is 7.13. The number of hydrogen-bond acceptors (Lipinski definition) is 7. The lowest BCUT2D eigenvalue weighted by Gasteiger charge is -2.31. The van der Waals surface area contributed by atoms with Gasteiger partial charge in [-0.05, 0) is 33.7 Å². The minimum absolute atomic E-state index is 0.0298. The van der Waals surface area contributed by atoms with Crippen LogP contribution in [-0.4, -0.2) is 71.7 Å². The number of amides is 1. The maximum atomic E-state index is 12.7. The van der Waals surface area contributed by atoms with Crippen LogP contribution < -0.4 is 0 Å². The van der Waals surface area contributed by atoms with Gasteiger partial charge in [-0.25, -0.2) is 0 Å². The lowest BCUT2D eigenvalue weighted by molar-refractivity contribution is -0.157. The van der Waals surface area contributed by atoms with Crippen molar-refractivity contribution in [3.8, 4) is 0 Å². The van der Waals surface area contributed by atoms with E-state index in [1.807, 2.05) is 18.9 Å². The summed E-state index contributed by atoms with van der Waals surface area (Å²) in [6.07, 6.45) is 1.65. The molecular weight excluding hydrogens is 324 g/mol. The van der Waals surface area contributed by atoms with Gasteiger partial charge in [-0.1, -0.05) is 5.16 Å². The molecule has 8 nitrogen and oxygen atoms in total.